The molecule has 0 rings (SSSR count). The maximum atomic E-state index is 8.06. The maximum absolute atomic E-state index is 8.06. The van der Waals surface area contributed by atoms with E-state index in [2.05, 4.69) is 0 Å². The van der Waals surface area contributed by atoms with Gasteiger partial charge in [0.05, 0.1) is 0 Å². The SMILES string of the molecule is [B]=C(O)CC. The number of aliphatic hydroxyl groups excluding tert-OH is 1. The summed E-state index contributed by atoms with van der Waals surface area (Å²) in [5.74, 6) is 0. The Morgan fingerprint density at radius 3 is 2.20 bits per heavy atom. The van der Waals surface area contributed by atoms with Gasteiger partial charge in [-0.15, -0.1) is 0 Å². The minimum atomic E-state index is 0.00463. The van der Waals surface area contributed by atoms with Crippen LogP contribution in [0.3, 0.4) is 0 Å². The van der Waals surface area contributed by atoms with E-state index in [4.69, 9.17) is 12.6 Å². The zero-order valence-electron chi connectivity index (χ0n) is 3.23. The van der Waals surface area contributed by atoms with Gasteiger partial charge in [-0.25, -0.2) is 0 Å². The molecule has 0 saturated carbocycles. The molecule has 0 aliphatic carbocycles. The molecule has 1 nitrogen and oxygen atoms in total. The number of hydrogen-bond donors (Lipinski definition) is 1. The minimum absolute atomic E-state index is 0.00463. The van der Waals surface area contributed by atoms with Crippen molar-refractivity contribution in [2.75, 3.05) is 0 Å². The monoisotopic (exact) mass is 69.1 g/mol. The summed E-state index contributed by atoms with van der Waals surface area (Å²) in [4.78, 5) is 0. The van der Waals surface area contributed by atoms with E-state index in [-0.39, 0.29) is 5.65 Å². The fourth-order valence-electron chi connectivity index (χ4n) is 0. The number of rotatable bonds is 1. The molecular weight excluding hydrogens is 62.8 g/mol. The van der Waals surface area contributed by atoms with E-state index in [0.29, 0.717) is 6.42 Å². The summed E-state index contributed by atoms with van der Waals surface area (Å²) in [5, 5.41) is 8.06. The molecule has 1 radical (unpaired) electrons. The first kappa shape index (κ1) is 4.73. The summed E-state index contributed by atoms with van der Waals surface area (Å²) in [5.41, 5.74) is 0.00463. The van der Waals surface area contributed by atoms with Gasteiger partial charge in [-0.05, 0) is 0 Å². The summed E-state index contributed by atoms with van der Waals surface area (Å²) in [6.45, 7) is 1.79. The van der Waals surface area contributed by atoms with Crippen molar-refractivity contribution >= 4 is 13.1 Å². The molecule has 0 atom stereocenters. The molecular formula is C3H6BO. The predicted octanol–water partition coefficient (Wildman–Crippen LogP) is 0.0673. The Labute approximate surface area is 32.7 Å². The third kappa shape index (κ3) is 3.73. The summed E-state index contributed by atoms with van der Waals surface area (Å²) in [7, 11) is 4.76. The molecule has 0 bridgehead atoms. The first-order chi connectivity index (χ1) is 2.27. The van der Waals surface area contributed by atoms with Crippen molar-refractivity contribution in [3.8, 4) is 0 Å². The molecule has 0 aromatic carbocycles. The van der Waals surface area contributed by atoms with Gasteiger partial charge >= 0.3 is 31.6 Å². The Morgan fingerprint density at radius 2 is 2.20 bits per heavy atom. The van der Waals surface area contributed by atoms with Crippen LogP contribution in [0.5, 0.6) is 0 Å². The zero-order valence-corrected chi connectivity index (χ0v) is 3.23. The average Bonchev–Trinajstić information content (AvgIpc) is 1.38. The van der Waals surface area contributed by atoms with Crippen molar-refractivity contribution in [1.29, 1.82) is 0 Å². The molecule has 0 heterocycles. The molecule has 0 aromatic heterocycles. The van der Waals surface area contributed by atoms with Gasteiger partial charge in [0.2, 0.25) is 0 Å². The zero-order chi connectivity index (χ0) is 4.28. The fourth-order valence-corrected chi connectivity index (χ4v) is 0. The molecule has 0 fully saturated rings. The van der Waals surface area contributed by atoms with Crippen LogP contribution in [0.4, 0.5) is 0 Å². The van der Waals surface area contributed by atoms with E-state index in [1.54, 1.807) is 6.92 Å². The van der Waals surface area contributed by atoms with E-state index in [1.807, 2.05) is 0 Å². The molecule has 0 aliphatic rings. The molecule has 0 amide bonds. The predicted molar refractivity (Wildman–Crippen MR) is 23.0 cm³/mol. The normalized spacial score (nSPS) is 7.20. The van der Waals surface area contributed by atoms with Crippen molar-refractivity contribution in [3.05, 3.63) is 0 Å². The van der Waals surface area contributed by atoms with Crippen molar-refractivity contribution in [3.63, 3.8) is 0 Å². The average molecular weight is 68.9 g/mol. The third-order valence-corrected chi connectivity index (χ3v) is 0.362. The third-order valence-electron chi connectivity index (χ3n) is 0.362. The first-order valence-electron chi connectivity index (χ1n) is 1.57. The number of aliphatic hydroxyl groups is 1. The Hall–Kier alpha value is -0.265. The van der Waals surface area contributed by atoms with Gasteiger partial charge in [0.25, 0.3) is 0 Å². The Balaban J connectivity index is 2.85. The van der Waals surface area contributed by atoms with Crippen molar-refractivity contribution < 1.29 is 5.11 Å². The van der Waals surface area contributed by atoms with Gasteiger partial charge < -0.3 is 0 Å². The summed E-state index contributed by atoms with van der Waals surface area (Å²) in [6, 6.07) is 0. The topological polar surface area (TPSA) is 20.2 Å². The van der Waals surface area contributed by atoms with Crippen LogP contribution < -0.4 is 0 Å². The van der Waals surface area contributed by atoms with Crippen LogP contribution in [0, 0.1) is 0 Å². The van der Waals surface area contributed by atoms with Crippen LogP contribution in [0.15, 0.2) is 0 Å². The van der Waals surface area contributed by atoms with Gasteiger partial charge in [-0.2, -0.15) is 0 Å². The Morgan fingerprint density at radius 1 is 2.00 bits per heavy atom. The summed E-state index contributed by atoms with van der Waals surface area (Å²) < 4.78 is 0. The molecule has 27 valence electrons. The second-order valence-corrected chi connectivity index (χ2v) is 0.845. The first-order valence-corrected chi connectivity index (χ1v) is 1.57. The van der Waals surface area contributed by atoms with Crippen LogP contribution in [-0.2, 0) is 0 Å². The van der Waals surface area contributed by atoms with Crippen LogP contribution >= 0.6 is 0 Å². The van der Waals surface area contributed by atoms with E-state index in [0.717, 1.165) is 0 Å². The van der Waals surface area contributed by atoms with Gasteiger partial charge in [0.15, 0.2) is 0 Å². The second-order valence-electron chi connectivity index (χ2n) is 0.845. The van der Waals surface area contributed by atoms with Crippen LogP contribution in [0.25, 0.3) is 0 Å². The van der Waals surface area contributed by atoms with Crippen molar-refractivity contribution in [2.45, 2.75) is 13.3 Å². The van der Waals surface area contributed by atoms with E-state index in [1.165, 1.54) is 0 Å². The summed E-state index contributed by atoms with van der Waals surface area (Å²) in [6.07, 6.45) is 0.556. The Bertz CT molecular complexity index is 42.2. The van der Waals surface area contributed by atoms with Crippen LogP contribution in [0.1, 0.15) is 13.3 Å². The molecule has 0 spiro atoms. The van der Waals surface area contributed by atoms with Crippen LogP contribution in [-0.4, -0.2) is 18.2 Å². The van der Waals surface area contributed by atoms with Crippen molar-refractivity contribution in [1.82, 2.24) is 0 Å². The number of hydrogen-bond acceptors (Lipinski definition) is 1. The van der Waals surface area contributed by atoms with Crippen molar-refractivity contribution in [2.24, 2.45) is 0 Å². The van der Waals surface area contributed by atoms with Gasteiger partial charge in [0, 0.05) is 0 Å². The molecule has 0 aliphatic heterocycles. The van der Waals surface area contributed by atoms with Gasteiger partial charge in [-0.1, -0.05) is 0 Å². The standard InChI is InChI=1S/C3H6BO/c1-2-3(4)5/h5H,2H2,1H3. The quantitative estimate of drug-likeness (QED) is 0.432. The molecule has 0 aromatic rings. The fraction of sp³-hybridized carbons (Fsp3) is 0.667. The molecule has 0 saturated heterocycles. The molecule has 5 heavy (non-hydrogen) atoms. The molecule has 0 unspecified atom stereocenters. The van der Waals surface area contributed by atoms with E-state index >= 15 is 0 Å². The van der Waals surface area contributed by atoms with Gasteiger partial charge in [0.1, 0.15) is 0 Å². The van der Waals surface area contributed by atoms with Gasteiger partial charge in [-0.3, -0.25) is 0 Å². The van der Waals surface area contributed by atoms with E-state index in [9.17, 15) is 0 Å². The molecule has 2 heteroatoms. The van der Waals surface area contributed by atoms with Crippen LogP contribution in [0.2, 0.25) is 0 Å². The summed E-state index contributed by atoms with van der Waals surface area (Å²) >= 11 is 0. The Kier molecular flexibility index (Phi) is 1.90. The second kappa shape index (κ2) is 2.00. The van der Waals surface area contributed by atoms with E-state index < -0.39 is 0 Å². The molecule has 1 N–H and O–H groups in total.